The number of fused-ring (bicyclic) bond motifs is 1. The number of hydrogen-bond acceptors (Lipinski definition) is 5. The van der Waals surface area contributed by atoms with Crippen LogP contribution >= 0.6 is 11.6 Å². The third-order valence-corrected chi connectivity index (χ3v) is 6.57. The molecule has 2 heterocycles. The maximum Gasteiger partial charge on any atom is 0.273 e. The number of rotatable bonds is 3. The van der Waals surface area contributed by atoms with Gasteiger partial charge in [0, 0.05) is 0 Å². The summed E-state index contributed by atoms with van der Waals surface area (Å²) in [7, 11) is -3.31. The van der Waals surface area contributed by atoms with E-state index in [4.69, 9.17) is 11.6 Å². The molecule has 2 aromatic carbocycles. The highest BCUT2D eigenvalue weighted by Gasteiger charge is 2.31. The first-order valence-corrected chi connectivity index (χ1v) is 10.3. The van der Waals surface area contributed by atoms with Crippen molar-refractivity contribution in [2.75, 3.05) is 5.75 Å². The number of aromatic nitrogens is 3. The lowest BCUT2D eigenvalue weighted by molar-refractivity contribution is 0.0929. The Morgan fingerprint density at radius 2 is 1.89 bits per heavy atom. The lowest BCUT2D eigenvalue weighted by atomic mass is 10.0. The lowest BCUT2D eigenvalue weighted by Gasteiger charge is -2.25. The van der Waals surface area contributed by atoms with Gasteiger partial charge in [-0.3, -0.25) is 4.79 Å². The van der Waals surface area contributed by atoms with E-state index in [1.54, 1.807) is 42.5 Å². The molecule has 1 aliphatic heterocycles. The average molecular weight is 403 g/mol. The Morgan fingerprint density at radius 1 is 1.15 bits per heavy atom. The van der Waals surface area contributed by atoms with Crippen molar-refractivity contribution in [3.8, 4) is 5.69 Å². The van der Waals surface area contributed by atoms with E-state index in [-0.39, 0.29) is 16.3 Å². The molecule has 0 bridgehead atoms. The molecule has 0 aliphatic carbocycles. The van der Waals surface area contributed by atoms with E-state index >= 15 is 0 Å². The molecule has 0 fully saturated rings. The Balaban J connectivity index is 1.58. The Morgan fingerprint density at radius 3 is 2.70 bits per heavy atom. The fraction of sp³-hybridized carbons (Fsp3) is 0.167. The fourth-order valence-corrected chi connectivity index (χ4v) is 4.94. The molecule has 27 heavy (non-hydrogen) atoms. The molecule has 7 nitrogen and oxygen atoms in total. The second kappa shape index (κ2) is 6.79. The van der Waals surface area contributed by atoms with Crippen LogP contribution in [0.25, 0.3) is 5.69 Å². The second-order valence-corrected chi connectivity index (χ2v) is 8.66. The molecule has 4 rings (SSSR count). The standard InChI is InChI=1S/C18H15ClN4O3S/c19-13-6-2-3-7-16(13)23-11-15(21-22-23)18(24)20-14-9-10-27(25,26)17-8-4-1-5-12(14)17/h1-8,11,14H,9-10H2,(H,20,24). The van der Waals surface area contributed by atoms with Crippen LogP contribution in [-0.4, -0.2) is 35.1 Å². The zero-order chi connectivity index (χ0) is 19.0. The van der Waals surface area contributed by atoms with E-state index in [2.05, 4.69) is 15.6 Å². The van der Waals surface area contributed by atoms with Gasteiger partial charge < -0.3 is 5.32 Å². The normalized spacial score (nSPS) is 17.9. The van der Waals surface area contributed by atoms with Crippen LogP contribution in [0.1, 0.15) is 28.5 Å². The van der Waals surface area contributed by atoms with Gasteiger partial charge in [0.2, 0.25) is 0 Å². The van der Waals surface area contributed by atoms with Gasteiger partial charge in [0.1, 0.15) is 0 Å². The minimum Gasteiger partial charge on any atom is -0.344 e. The number of hydrogen-bond donors (Lipinski definition) is 1. The summed E-state index contributed by atoms with van der Waals surface area (Å²) in [5.41, 5.74) is 1.33. The van der Waals surface area contributed by atoms with E-state index in [0.717, 1.165) is 0 Å². The van der Waals surface area contributed by atoms with Crippen LogP contribution in [0.4, 0.5) is 0 Å². The Bertz CT molecular complexity index is 1130. The van der Waals surface area contributed by atoms with Crippen LogP contribution in [0, 0.1) is 0 Å². The Hall–Kier alpha value is -2.71. The molecule has 0 spiro atoms. The molecule has 1 N–H and O–H groups in total. The molecule has 1 amide bonds. The second-order valence-electron chi connectivity index (χ2n) is 6.17. The summed E-state index contributed by atoms with van der Waals surface area (Å²) in [4.78, 5) is 12.9. The summed E-state index contributed by atoms with van der Waals surface area (Å²) < 4.78 is 25.9. The third-order valence-electron chi connectivity index (χ3n) is 4.44. The highest BCUT2D eigenvalue weighted by Crippen LogP contribution is 2.32. The van der Waals surface area contributed by atoms with Crippen molar-refractivity contribution < 1.29 is 13.2 Å². The molecule has 0 saturated heterocycles. The summed E-state index contributed by atoms with van der Waals surface area (Å²) in [6.07, 6.45) is 1.80. The maximum atomic E-state index is 12.6. The number of sulfone groups is 1. The molecule has 3 aromatic rings. The van der Waals surface area contributed by atoms with Crippen molar-refractivity contribution in [3.05, 3.63) is 71.0 Å². The van der Waals surface area contributed by atoms with Crippen molar-refractivity contribution in [1.82, 2.24) is 20.3 Å². The van der Waals surface area contributed by atoms with Gasteiger partial charge in [-0.2, -0.15) is 0 Å². The molecule has 1 atom stereocenters. The van der Waals surface area contributed by atoms with Gasteiger partial charge in [-0.25, -0.2) is 13.1 Å². The number of nitrogens with one attached hydrogen (secondary N) is 1. The van der Waals surface area contributed by atoms with Crippen molar-refractivity contribution in [2.45, 2.75) is 17.4 Å². The fourth-order valence-electron chi connectivity index (χ4n) is 3.10. The largest absolute Gasteiger partial charge is 0.344 e. The number of amides is 1. The molecule has 1 aliphatic rings. The van der Waals surface area contributed by atoms with E-state index in [0.29, 0.717) is 22.7 Å². The first-order chi connectivity index (χ1) is 13.0. The van der Waals surface area contributed by atoms with Gasteiger partial charge >= 0.3 is 0 Å². The van der Waals surface area contributed by atoms with E-state index in [1.807, 2.05) is 6.07 Å². The first kappa shape index (κ1) is 17.7. The highest BCUT2D eigenvalue weighted by atomic mass is 35.5. The molecule has 1 unspecified atom stereocenters. The summed E-state index contributed by atoms with van der Waals surface area (Å²) in [6.45, 7) is 0. The van der Waals surface area contributed by atoms with Crippen molar-refractivity contribution in [3.63, 3.8) is 0 Å². The third kappa shape index (κ3) is 3.33. The Kier molecular flexibility index (Phi) is 4.45. The van der Waals surface area contributed by atoms with Crippen LogP contribution in [0.3, 0.4) is 0 Å². The van der Waals surface area contributed by atoms with Gasteiger partial charge in [-0.15, -0.1) is 5.10 Å². The minimum absolute atomic E-state index is 0.0126. The van der Waals surface area contributed by atoms with Gasteiger partial charge in [-0.1, -0.05) is 47.1 Å². The summed E-state index contributed by atoms with van der Waals surface area (Å²) in [5.74, 6) is -0.436. The summed E-state index contributed by atoms with van der Waals surface area (Å²) >= 11 is 6.14. The number of benzene rings is 2. The summed E-state index contributed by atoms with van der Waals surface area (Å²) in [5, 5.41) is 11.2. The zero-order valence-electron chi connectivity index (χ0n) is 14.0. The predicted octanol–water partition coefficient (Wildman–Crippen LogP) is 2.57. The molecule has 1 aromatic heterocycles. The topological polar surface area (TPSA) is 94.0 Å². The predicted molar refractivity (Wildman–Crippen MR) is 99.7 cm³/mol. The minimum atomic E-state index is -3.31. The number of carbonyl (C=O) groups excluding carboxylic acids is 1. The molecule has 0 saturated carbocycles. The van der Waals surface area contributed by atoms with Gasteiger partial charge in [0.15, 0.2) is 15.5 Å². The van der Waals surface area contributed by atoms with Crippen LogP contribution in [0.2, 0.25) is 5.02 Å². The molecular formula is C18H15ClN4O3S. The SMILES string of the molecule is O=C(NC1CCS(=O)(=O)c2ccccc21)c1cn(-c2ccccc2Cl)nn1. The van der Waals surface area contributed by atoms with Crippen LogP contribution < -0.4 is 5.32 Å². The Labute approximate surface area is 160 Å². The smallest absolute Gasteiger partial charge is 0.273 e. The molecule has 9 heteroatoms. The van der Waals surface area contributed by atoms with Gasteiger partial charge in [-0.05, 0) is 30.2 Å². The van der Waals surface area contributed by atoms with Gasteiger partial charge in [0.05, 0.1) is 33.6 Å². The van der Waals surface area contributed by atoms with E-state index in [1.165, 1.54) is 10.9 Å². The zero-order valence-corrected chi connectivity index (χ0v) is 15.6. The van der Waals surface area contributed by atoms with Crippen LogP contribution in [0.15, 0.2) is 59.6 Å². The quantitative estimate of drug-likeness (QED) is 0.726. The number of halogens is 1. The van der Waals surface area contributed by atoms with Crippen LogP contribution in [-0.2, 0) is 9.84 Å². The van der Waals surface area contributed by atoms with E-state index < -0.39 is 21.8 Å². The molecule has 0 radical (unpaired) electrons. The number of carbonyl (C=O) groups is 1. The van der Waals surface area contributed by atoms with Gasteiger partial charge in [0.25, 0.3) is 5.91 Å². The first-order valence-electron chi connectivity index (χ1n) is 8.25. The average Bonchev–Trinajstić information content (AvgIpc) is 3.15. The van der Waals surface area contributed by atoms with Crippen molar-refractivity contribution in [1.29, 1.82) is 0 Å². The monoisotopic (exact) mass is 402 g/mol. The lowest BCUT2D eigenvalue weighted by Crippen LogP contribution is -2.34. The number of para-hydroxylation sites is 1. The van der Waals surface area contributed by atoms with Crippen LogP contribution in [0.5, 0.6) is 0 Å². The van der Waals surface area contributed by atoms with E-state index in [9.17, 15) is 13.2 Å². The summed E-state index contributed by atoms with van der Waals surface area (Å²) in [6, 6.07) is 13.4. The number of nitrogens with zero attached hydrogens (tertiary/aromatic N) is 3. The molecule has 138 valence electrons. The maximum absolute atomic E-state index is 12.6. The van der Waals surface area contributed by atoms with Crippen molar-refractivity contribution >= 4 is 27.3 Å². The molecular weight excluding hydrogens is 388 g/mol. The highest BCUT2D eigenvalue weighted by molar-refractivity contribution is 7.91. The van der Waals surface area contributed by atoms with Crippen molar-refractivity contribution in [2.24, 2.45) is 0 Å².